The Bertz CT molecular complexity index is 848. The molecule has 0 bridgehead atoms. The fraction of sp³-hybridized carbons (Fsp3) is 0.636. The Morgan fingerprint density at radius 3 is 2.68 bits per heavy atom. The lowest BCUT2D eigenvalue weighted by Gasteiger charge is -2.25. The molecule has 8 nitrogen and oxygen atoms in total. The Balaban J connectivity index is 2.05. The highest BCUT2D eigenvalue weighted by molar-refractivity contribution is 7.96. The van der Waals surface area contributed by atoms with E-state index in [0.29, 0.717) is 6.41 Å². The van der Waals surface area contributed by atoms with E-state index in [1.807, 2.05) is 6.92 Å². The molecule has 1 aromatic rings. The van der Waals surface area contributed by atoms with Crippen molar-refractivity contribution in [2.75, 3.05) is 0 Å². The van der Waals surface area contributed by atoms with Crippen LogP contribution in [0.25, 0.3) is 0 Å². The minimum absolute atomic E-state index is 0.0598. The van der Waals surface area contributed by atoms with Crippen LogP contribution in [0.15, 0.2) is 25.4 Å². The smallest absolute Gasteiger partial charge is 0.337 e. The largest absolute Gasteiger partial charge is 0.404 e. The van der Waals surface area contributed by atoms with Crippen LogP contribution in [0.5, 0.6) is 0 Å². The number of unbranched alkanes of at least 4 members (excludes halogenated alkanes) is 1. The number of hydrogen-bond donors (Lipinski definition) is 1. The zero-order chi connectivity index (χ0) is 22.9. The Morgan fingerprint density at radius 1 is 1.35 bits per heavy atom. The van der Waals surface area contributed by atoms with Crippen LogP contribution < -0.4 is 10.9 Å². The first-order valence-electron chi connectivity index (χ1n) is 10.7. The van der Waals surface area contributed by atoms with Crippen LogP contribution >= 0.6 is 12.0 Å². The summed E-state index contributed by atoms with van der Waals surface area (Å²) in [6.45, 7) is 10.3. The number of nitrogens with zero attached hydrogens (tertiary/aromatic N) is 2. The molecule has 0 radical (unpaired) electrons. The quantitative estimate of drug-likeness (QED) is 0.200. The predicted molar refractivity (Wildman–Crippen MR) is 124 cm³/mol. The van der Waals surface area contributed by atoms with E-state index in [0.717, 1.165) is 61.8 Å². The molecule has 0 spiro atoms. The maximum atomic E-state index is 11.9. The molecule has 1 fully saturated rings. The number of carbonyl (C=O) groups excluding carboxylic acids is 1. The van der Waals surface area contributed by atoms with Crippen LogP contribution in [0.2, 0.25) is 0 Å². The van der Waals surface area contributed by atoms with Crippen molar-refractivity contribution in [2.45, 2.75) is 90.4 Å². The summed E-state index contributed by atoms with van der Waals surface area (Å²) in [5.74, 6) is 0.111. The lowest BCUT2D eigenvalue weighted by molar-refractivity contribution is -0.108. The molecule has 0 aliphatic heterocycles. The average molecular weight is 452 g/mol. The van der Waals surface area contributed by atoms with Gasteiger partial charge in [-0.05, 0) is 83.8 Å². The number of oxime groups is 1. The first-order chi connectivity index (χ1) is 14.7. The van der Waals surface area contributed by atoms with Crippen LogP contribution in [-0.4, -0.2) is 29.0 Å². The number of aryl methyl sites for hydroxylation is 1. The normalized spacial score (nSPS) is 17.4. The monoisotopic (exact) mass is 451 g/mol. The summed E-state index contributed by atoms with van der Waals surface area (Å²) in [6.07, 6.45) is 6.54. The van der Waals surface area contributed by atoms with Crippen LogP contribution in [0.3, 0.4) is 0 Å². The van der Waals surface area contributed by atoms with Crippen molar-refractivity contribution in [2.24, 2.45) is 10.1 Å². The molecule has 1 heterocycles. The van der Waals surface area contributed by atoms with Gasteiger partial charge in [0.1, 0.15) is 0 Å². The minimum atomic E-state index is -0.487. The van der Waals surface area contributed by atoms with E-state index in [1.54, 1.807) is 0 Å². The van der Waals surface area contributed by atoms with Crippen molar-refractivity contribution >= 4 is 36.1 Å². The summed E-state index contributed by atoms with van der Waals surface area (Å²) in [4.78, 5) is 32.5. The minimum Gasteiger partial charge on any atom is -0.404 e. The van der Waals surface area contributed by atoms with Crippen molar-refractivity contribution in [3.05, 3.63) is 27.6 Å². The summed E-state index contributed by atoms with van der Waals surface area (Å²) < 4.78 is 11.2. The van der Waals surface area contributed by atoms with Gasteiger partial charge in [0.05, 0.1) is 11.8 Å². The lowest BCUT2D eigenvalue weighted by atomic mass is 9.96. The SMILES string of the molecule is CCCCc1cc(=O)oc(/N=C(\NC=O)ON=C2CCC(OSC(C)(C)C)CC2)c1C. The van der Waals surface area contributed by atoms with Crippen LogP contribution in [0.4, 0.5) is 5.88 Å². The molecule has 1 aliphatic carbocycles. The van der Waals surface area contributed by atoms with Crippen molar-refractivity contribution in [3.8, 4) is 0 Å². The highest BCUT2D eigenvalue weighted by atomic mass is 32.2. The summed E-state index contributed by atoms with van der Waals surface area (Å²) in [5.41, 5.74) is 2.00. The number of amidine groups is 1. The molecule has 1 aromatic heterocycles. The molecule has 0 aromatic carbocycles. The van der Waals surface area contributed by atoms with Gasteiger partial charge in [-0.25, -0.2) is 4.79 Å². The standard InChI is InChI=1S/C22H33N3O5S/c1-6-7-8-16-13-19(27)28-20(15(16)2)24-21(23-14-26)29-25-17-9-11-18(12-10-17)30-31-22(3,4)5/h13-14,18H,6-12H2,1-5H3,(H,23,24,26). The molecule has 31 heavy (non-hydrogen) atoms. The number of carbonyl (C=O) groups is 1. The average Bonchev–Trinajstić information content (AvgIpc) is 2.72. The number of rotatable bonds is 8. The molecule has 0 unspecified atom stereocenters. The van der Waals surface area contributed by atoms with Gasteiger partial charge < -0.3 is 13.4 Å². The lowest BCUT2D eigenvalue weighted by Crippen LogP contribution is -2.25. The summed E-state index contributed by atoms with van der Waals surface area (Å²) in [7, 11) is 0. The number of amides is 1. The first-order valence-corrected chi connectivity index (χ1v) is 11.5. The molecule has 9 heteroatoms. The number of aliphatic imine (C=N–C) groups is 1. The van der Waals surface area contributed by atoms with Crippen molar-refractivity contribution < 1.29 is 18.2 Å². The van der Waals surface area contributed by atoms with Crippen molar-refractivity contribution in [1.29, 1.82) is 0 Å². The highest BCUT2D eigenvalue weighted by Gasteiger charge is 2.22. The second-order valence-electron chi connectivity index (χ2n) is 8.54. The molecular formula is C22H33N3O5S. The van der Waals surface area contributed by atoms with E-state index >= 15 is 0 Å². The molecule has 1 saturated carbocycles. The van der Waals surface area contributed by atoms with E-state index in [-0.39, 0.29) is 22.8 Å². The maximum Gasteiger partial charge on any atom is 0.337 e. The van der Waals surface area contributed by atoms with E-state index in [4.69, 9.17) is 13.4 Å². The second-order valence-corrected chi connectivity index (χ2v) is 10.1. The third kappa shape index (κ3) is 8.86. The van der Waals surface area contributed by atoms with Gasteiger partial charge in [-0.15, -0.1) is 0 Å². The third-order valence-electron chi connectivity index (χ3n) is 4.68. The van der Waals surface area contributed by atoms with Gasteiger partial charge in [-0.1, -0.05) is 18.5 Å². The molecule has 172 valence electrons. The summed E-state index contributed by atoms with van der Waals surface area (Å²) >= 11 is 1.50. The Hall–Kier alpha value is -2.13. The van der Waals surface area contributed by atoms with Gasteiger partial charge in [0.15, 0.2) is 0 Å². The van der Waals surface area contributed by atoms with Crippen molar-refractivity contribution in [3.63, 3.8) is 0 Å². The summed E-state index contributed by atoms with van der Waals surface area (Å²) in [5, 5.41) is 6.52. The molecule has 1 amide bonds. The highest BCUT2D eigenvalue weighted by Crippen LogP contribution is 2.30. The molecular weight excluding hydrogens is 418 g/mol. The zero-order valence-corrected chi connectivity index (χ0v) is 19.8. The van der Waals surface area contributed by atoms with Gasteiger partial charge in [-0.3, -0.25) is 10.1 Å². The molecule has 1 N–H and O–H groups in total. The van der Waals surface area contributed by atoms with E-state index in [9.17, 15) is 9.59 Å². The third-order valence-corrected chi connectivity index (χ3v) is 5.55. The second kappa shape index (κ2) is 12.0. The van der Waals surface area contributed by atoms with E-state index in [1.165, 1.54) is 18.1 Å². The molecule has 2 rings (SSSR count). The van der Waals surface area contributed by atoms with E-state index < -0.39 is 5.63 Å². The maximum absolute atomic E-state index is 11.9. The van der Waals surface area contributed by atoms with Gasteiger partial charge in [0.25, 0.3) is 0 Å². The van der Waals surface area contributed by atoms with Crippen LogP contribution in [0, 0.1) is 6.92 Å². The Kier molecular flexibility index (Phi) is 9.77. The molecule has 0 atom stereocenters. The fourth-order valence-corrected chi connectivity index (χ4v) is 3.59. The molecule has 0 saturated heterocycles. The van der Waals surface area contributed by atoms with Gasteiger partial charge in [0, 0.05) is 16.4 Å². The number of nitrogens with one attached hydrogen (secondary N) is 1. The van der Waals surface area contributed by atoms with Crippen LogP contribution in [0.1, 0.15) is 77.3 Å². The fourth-order valence-electron chi connectivity index (χ4n) is 2.98. The number of hydrogen-bond acceptors (Lipinski definition) is 8. The Labute approximate surface area is 188 Å². The van der Waals surface area contributed by atoms with Crippen LogP contribution in [-0.2, 0) is 20.2 Å². The first kappa shape index (κ1) is 25.1. The topological polar surface area (TPSA) is 102 Å². The summed E-state index contributed by atoms with van der Waals surface area (Å²) in [6, 6.07) is 1.35. The van der Waals surface area contributed by atoms with Gasteiger partial charge in [0.2, 0.25) is 12.3 Å². The Morgan fingerprint density at radius 2 is 2.06 bits per heavy atom. The van der Waals surface area contributed by atoms with Gasteiger partial charge in [-0.2, -0.15) is 4.99 Å². The van der Waals surface area contributed by atoms with Gasteiger partial charge >= 0.3 is 11.6 Å². The van der Waals surface area contributed by atoms with E-state index in [2.05, 4.69) is 43.2 Å². The van der Waals surface area contributed by atoms with Crippen molar-refractivity contribution in [1.82, 2.24) is 5.32 Å². The predicted octanol–water partition coefficient (Wildman–Crippen LogP) is 4.80. The molecule has 1 aliphatic rings. The zero-order valence-electron chi connectivity index (χ0n) is 19.0.